The predicted octanol–water partition coefficient (Wildman–Crippen LogP) is 30.0. The Hall–Kier alpha value is -16.7. The summed E-state index contributed by atoms with van der Waals surface area (Å²) in [6, 6.07) is 117. The molecule has 8 heteroatoms. The molecule has 36 rings (SSSR count). The van der Waals surface area contributed by atoms with Crippen LogP contribution in [0.4, 0.5) is 68.2 Å². The topological polar surface area (TPSA) is 64.5 Å². The molecule has 0 saturated carbocycles. The largest absolute Gasteiger partial charge is 0.309 e. The molecule has 0 fully saturated rings. The van der Waals surface area contributed by atoms with Crippen LogP contribution in [0.25, 0.3) is 89.0 Å². The van der Waals surface area contributed by atoms with Gasteiger partial charge in [-0.25, -0.2) is 0 Å². The molecule has 4 aromatic heterocycles. The molecule has 0 spiro atoms. The zero-order chi connectivity index (χ0) is 90.7. The molecule has 656 valence electrons. The molecule has 8 aliphatic heterocycles. The van der Waals surface area contributed by atoms with Gasteiger partial charge in [0.05, 0.1) is 85.3 Å². The number of benzene rings is 16. The average Bonchev–Trinajstić information content (AvgIpc) is 1.39. The molecule has 0 unspecified atom stereocenters. The van der Waals surface area contributed by atoms with Crippen LogP contribution < -0.4 is 19.6 Å². The summed E-state index contributed by atoms with van der Waals surface area (Å²) in [5, 5.41) is 0. The fourth-order valence-electron chi connectivity index (χ4n) is 28.3. The van der Waals surface area contributed by atoms with Crippen LogP contribution in [0.2, 0.25) is 0 Å². The number of hydrogen-bond acceptors (Lipinski definition) is 8. The number of anilines is 12. The molecule has 16 aromatic carbocycles. The molecule has 12 heterocycles. The van der Waals surface area contributed by atoms with Crippen molar-refractivity contribution in [1.82, 2.24) is 19.9 Å². The van der Waals surface area contributed by atoms with Gasteiger partial charge in [0.2, 0.25) is 0 Å². The minimum absolute atomic E-state index is 0.899. The van der Waals surface area contributed by atoms with Crippen LogP contribution in [0.5, 0.6) is 0 Å². The minimum atomic E-state index is 0.899. The molecule has 0 atom stereocenters. The maximum Gasteiger partial charge on any atom is 0.0716 e. The number of nitrogens with zero attached hydrogens (tertiary/aromatic N) is 8. The number of pyridine rings is 4. The highest BCUT2D eigenvalue weighted by Crippen LogP contribution is 2.63. The number of rotatable bonds is 0. The van der Waals surface area contributed by atoms with Gasteiger partial charge in [0.1, 0.15) is 0 Å². The van der Waals surface area contributed by atoms with Gasteiger partial charge in [0.25, 0.3) is 0 Å². The smallest absolute Gasteiger partial charge is 0.0716 e. The summed E-state index contributed by atoms with van der Waals surface area (Å²) in [7, 11) is 0. The Bertz CT molecular complexity index is 8470. The van der Waals surface area contributed by atoms with Crippen molar-refractivity contribution in [1.29, 1.82) is 0 Å². The highest BCUT2D eigenvalue weighted by atomic mass is 15.2. The normalized spacial score (nSPS) is 14.9. The van der Waals surface area contributed by atoms with E-state index in [2.05, 4.69) is 341 Å². The average molecular weight is 1790 g/mol. The van der Waals surface area contributed by atoms with Gasteiger partial charge in [-0.15, -0.1) is 0 Å². The fourth-order valence-corrected chi connectivity index (χ4v) is 28.3. The van der Waals surface area contributed by atoms with Crippen LogP contribution in [-0.2, 0) is 103 Å². The monoisotopic (exact) mass is 1780 g/mol. The Morgan fingerprint density at radius 1 is 0.150 bits per heavy atom. The third-order valence-corrected chi connectivity index (χ3v) is 34.3. The molecule has 0 saturated heterocycles. The van der Waals surface area contributed by atoms with E-state index < -0.39 is 0 Å². The number of fused-ring (bicyclic) bond motifs is 44. The number of aromatic nitrogens is 4. The van der Waals surface area contributed by atoms with E-state index in [9.17, 15) is 0 Å². The van der Waals surface area contributed by atoms with E-state index in [4.69, 9.17) is 19.9 Å². The number of hydrogen-bond donors (Lipinski definition) is 0. The van der Waals surface area contributed by atoms with E-state index in [1.54, 1.807) is 0 Å². The quantitative estimate of drug-likeness (QED) is 0.149. The molecule has 140 heavy (non-hydrogen) atoms. The van der Waals surface area contributed by atoms with Gasteiger partial charge < -0.3 is 19.6 Å². The van der Waals surface area contributed by atoms with Gasteiger partial charge in [0, 0.05) is 87.9 Å². The Labute approximate surface area is 812 Å². The van der Waals surface area contributed by atoms with E-state index in [0.29, 0.717) is 0 Å². The second-order valence-electron chi connectivity index (χ2n) is 41.5. The third-order valence-electron chi connectivity index (χ3n) is 34.3. The summed E-state index contributed by atoms with van der Waals surface area (Å²) in [4.78, 5) is 29.6. The lowest BCUT2D eigenvalue weighted by Crippen LogP contribution is -2.26. The first-order valence-electron chi connectivity index (χ1n) is 50.3. The molecule has 20 aromatic rings. The molecular formula is C132H88N8. The lowest BCUT2D eigenvalue weighted by atomic mass is 9.84. The Kier molecular flexibility index (Phi) is 15.6. The van der Waals surface area contributed by atoms with Crippen molar-refractivity contribution < 1.29 is 0 Å². The summed E-state index contributed by atoms with van der Waals surface area (Å²) in [6.07, 6.45) is 25.9. The van der Waals surface area contributed by atoms with Gasteiger partial charge in [-0.1, -0.05) is 224 Å². The second kappa shape index (κ2) is 28.5. The maximum absolute atomic E-state index is 4.92. The molecule has 16 aliphatic rings. The van der Waals surface area contributed by atoms with Crippen molar-refractivity contribution >= 4 is 68.2 Å². The van der Waals surface area contributed by atoms with E-state index in [-0.39, 0.29) is 0 Å². The third kappa shape index (κ3) is 10.8. The van der Waals surface area contributed by atoms with E-state index >= 15 is 0 Å². The van der Waals surface area contributed by atoms with Crippen LogP contribution in [0.1, 0.15) is 178 Å². The van der Waals surface area contributed by atoms with Crippen molar-refractivity contribution in [3.63, 3.8) is 0 Å². The van der Waals surface area contributed by atoms with Crippen molar-refractivity contribution in [3.8, 4) is 89.0 Å². The first-order valence-corrected chi connectivity index (χ1v) is 50.3. The van der Waals surface area contributed by atoms with Crippen LogP contribution in [0.3, 0.4) is 0 Å². The highest BCUT2D eigenvalue weighted by molar-refractivity contribution is 6.03. The molecule has 8 nitrogen and oxygen atoms in total. The maximum atomic E-state index is 4.92. The Morgan fingerprint density at radius 2 is 0.421 bits per heavy atom. The summed E-state index contributed by atoms with van der Waals surface area (Å²) in [5.41, 5.74) is 83.8. The van der Waals surface area contributed by atoms with Crippen LogP contribution in [0, 0.1) is 0 Å². The van der Waals surface area contributed by atoms with Crippen molar-refractivity contribution in [2.45, 2.75) is 103 Å². The fraction of sp³-hybridized carbons (Fsp3) is 0.121. The molecule has 0 bridgehead atoms. The first-order chi connectivity index (χ1) is 69.3. The van der Waals surface area contributed by atoms with Gasteiger partial charge in [-0.05, 0) is 381 Å². The molecule has 0 N–H and O–H groups in total. The van der Waals surface area contributed by atoms with Gasteiger partial charge >= 0.3 is 0 Å². The van der Waals surface area contributed by atoms with Crippen molar-refractivity contribution in [2.24, 2.45) is 0 Å². The lowest BCUT2D eigenvalue weighted by Gasteiger charge is -2.40. The van der Waals surface area contributed by atoms with Crippen LogP contribution in [-0.4, -0.2) is 19.9 Å². The van der Waals surface area contributed by atoms with Crippen LogP contribution >= 0.6 is 0 Å². The Morgan fingerprint density at radius 3 is 0.843 bits per heavy atom. The summed E-state index contributed by atoms with van der Waals surface area (Å²) in [6.45, 7) is 0. The molecule has 0 amide bonds. The predicted molar refractivity (Wildman–Crippen MR) is 564 cm³/mol. The summed E-state index contributed by atoms with van der Waals surface area (Å²) < 4.78 is 0. The standard InChI is InChI=1S/4C33H22N2/c1-4-8-26-19(5-1)11-21-16-32-22(14-28(21)26)12-23-17-34-18-24-15-30-29-13-20-6-2-3-7-25(20)27(29)9-10-31(30)35(32)33(23)24;1-4-8-25-19(5-1)13-22-17-32-23(16-27(22)25)14-21-11-12-34-30-18-29-28-15-20-6-2-3-7-24(20)26(28)9-10-31(29)35(32)33(21)30;1-4-8-25-19(5-1)13-22-18-32-23(16-27(22)25)17-30-33-21(11-12-34-30)15-29-28-14-20-6-2-3-7-24(20)26(28)9-10-31(29)35(32)33;1-3-7-26-19(5-1)14-24-18-30-25(16-28(24)26)15-23-11-12-34-29-17-22-10-9-21-13-20-6-2-4-8-27(20)31(21)33(22)35(30)32(23)29/h1-10,14,16-18H,11-13,15H2;1-12,16-17H,13-15,18H2;2*1-12,16,18H,13-15,17H2. The lowest BCUT2D eigenvalue weighted by molar-refractivity contribution is 0.948. The molecule has 8 aliphatic carbocycles. The van der Waals surface area contributed by atoms with Gasteiger partial charge in [-0.2, -0.15) is 0 Å². The van der Waals surface area contributed by atoms with E-state index in [1.807, 2.05) is 18.6 Å². The van der Waals surface area contributed by atoms with Gasteiger partial charge in [-0.3, -0.25) is 19.9 Å². The van der Waals surface area contributed by atoms with E-state index in [0.717, 1.165) is 103 Å². The van der Waals surface area contributed by atoms with Gasteiger partial charge in [0.15, 0.2) is 0 Å². The second-order valence-corrected chi connectivity index (χ2v) is 41.5. The molecular weight excluding hydrogens is 1700 g/mol. The summed E-state index contributed by atoms with van der Waals surface area (Å²) >= 11 is 0. The van der Waals surface area contributed by atoms with Crippen LogP contribution in [0.15, 0.2) is 340 Å². The first kappa shape index (κ1) is 76.5. The van der Waals surface area contributed by atoms with Crippen molar-refractivity contribution in [3.05, 3.63) is 519 Å². The minimum Gasteiger partial charge on any atom is -0.309 e. The highest BCUT2D eigenvalue weighted by Gasteiger charge is 2.44. The molecule has 0 radical (unpaired) electrons. The Balaban J connectivity index is 0.0000000829. The zero-order valence-corrected chi connectivity index (χ0v) is 77.2. The summed E-state index contributed by atoms with van der Waals surface area (Å²) in [5.74, 6) is 0. The van der Waals surface area contributed by atoms with Crippen molar-refractivity contribution in [2.75, 3.05) is 19.6 Å². The zero-order valence-electron chi connectivity index (χ0n) is 77.2. The van der Waals surface area contributed by atoms with E-state index in [1.165, 1.54) is 336 Å². The SMILES string of the molecule is c1ccc2c(c1)Cc1cc3c(cc1-2)Cc1ccnc2c1N3c1c(ccc3c1-c1ccccc1C3)C2.c1ccc2c(c1)Cc1cc3c(cc1-2)Cc1ccnc2c1N3c1ccc3c(c1C2)Cc1ccccc1-3.c1ccc2c(c1)Cc1cc3c(cc1-2)Cc1cncc2c1N3c1ccc3c(c1C2)Cc1ccccc1-3.c1ccc2c(c1)Cc1cc3c(cc1-2)Cc1nccc2c1N3c1ccc3c(c1C2)Cc1ccccc1-3.